The second-order valence-electron chi connectivity index (χ2n) is 25.2. The number of ketones is 1. The first-order valence-electron chi connectivity index (χ1n) is 26.7. The summed E-state index contributed by atoms with van der Waals surface area (Å²) >= 11 is 0. The van der Waals surface area contributed by atoms with Gasteiger partial charge < -0.3 is 94.4 Å². The van der Waals surface area contributed by atoms with E-state index in [2.05, 4.69) is 33.8 Å². The fourth-order valence-electron chi connectivity index (χ4n) is 16.3. The van der Waals surface area contributed by atoms with Gasteiger partial charge in [0, 0.05) is 16.7 Å². The lowest BCUT2D eigenvalue weighted by molar-refractivity contribution is -0.383. The number of Topliss-reactive ketones (excluding diaryl/α,β-unsaturated/α-hetero) is 1. The number of esters is 1. The number of hydrogen-bond acceptors (Lipinski definition) is 21. The molecule has 0 amide bonds. The molecule has 7 fully saturated rings. The van der Waals surface area contributed by atoms with Crippen LogP contribution in [0.15, 0.2) is 11.6 Å². The molecule has 12 N–H and O–H groups in total. The van der Waals surface area contributed by atoms with E-state index in [9.17, 15) is 70.9 Å². The number of hydrogen-bond donors (Lipinski definition) is 12. The van der Waals surface area contributed by atoms with Crippen LogP contribution in [-0.2, 0) is 42.7 Å². The van der Waals surface area contributed by atoms with Crippen LogP contribution in [0.5, 0.6) is 0 Å². The summed E-state index contributed by atoms with van der Waals surface area (Å²) in [6.45, 7) is 16.0. The summed E-state index contributed by atoms with van der Waals surface area (Å²) in [5.41, 5.74) is -4.19. The Labute approximate surface area is 433 Å². The molecule has 5 aliphatic carbocycles. The van der Waals surface area contributed by atoms with E-state index in [1.165, 1.54) is 0 Å². The van der Waals surface area contributed by atoms with Crippen molar-refractivity contribution in [1.29, 1.82) is 0 Å². The molecule has 3 heterocycles. The van der Waals surface area contributed by atoms with E-state index in [0.717, 1.165) is 12.7 Å². The van der Waals surface area contributed by atoms with Gasteiger partial charge in [0.15, 0.2) is 25.0 Å². The van der Waals surface area contributed by atoms with Crippen LogP contribution >= 0.6 is 0 Å². The molecule has 8 rings (SSSR count). The molecule has 0 radical (unpaired) electrons. The van der Waals surface area contributed by atoms with Crippen LogP contribution in [0.2, 0.25) is 0 Å². The third-order valence-electron chi connectivity index (χ3n) is 21.1. The van der Waals surface area contributed by atoms with E-state index < -0.39 is 186 Å². The zero-order valence-corrected chi connectivity index (χ0v) is 44.5. The zero-order chi connectivity index (χ0) is 54.7. The number of aliphatic hydroxyl groups excluding tert-OH is 12. The smallest absolute Gasteiger partial charge is 0.337 e. The first-order chi connectivity index (χ1) is 34.5. The van der Waals surface area contributed by atoms with Crippen LogP contribution in [0, 0.1) is 62.1 Å². The normalized spacial score (nSPS) is 52.1. The van der Waals surface area contributed by atoms with Crippen molar-refractivity contribution < 1.29 is 104 Å². The molecule has 74 heavy (non-hydrogen) atoms. The standard InChI is InChI=1S/C53H86O21/c1-11-22(2)31(57)30-41(64)48(3,4)18-24-23-12-13-28-50(7)16-15-29(49(5,6)27(50)14-17-51(28,8)52(23,9)42(65)43(66)53(24,30)21-56)71-47-39(73-46-36(62)34(60)32(58)25(19-54)69-46)37(63)38(40(74-47)44(67)68-10)72-45-35(61)33(59)26(20-55)70-45/h12,22,24-30,32-43,45-47,54-56,58-66H,11,13-21H2,1-10H3/t22?,24-,25+,26-,27-,28+,29-,30-,32+,33-,34-,35+,36+,37-,38-,39+,40-,41-,42-,43+,45-,46-,47+,50-,51+,52-,53+/m0/s1. The SMILES string of the molecule is CCC(C)C(=O)[C@H]1[C@H](O)C(C)(C)C[C@H]2C3=CC[C@@H]4[C@@]5(C)CC[C@H](O[C@@H]6O[C@H](C(=O)OC)[C@@H](O[C@@H]7O[C@@H](CO)[C@H](O)[C@H]7O)[C@H](O)[C@H]6O[C@@H]6O[C@H](CO)[C@@H](O)[C@H](O)[C@H]6O)C(C)(C)[C@@H]5CC[C@@]4(C)[C@]3(C)[C@@H](O)[C@@H](O)[C@]21CO. The van der Waals surface area contributed by atoms with Crippen molar-refractivity contribution in [2.45, 2.75) is 218 Å². The van der Waals surface area contributed by atoms with Gasteiger partial charge in [0.2, 0.25) is 0 Å². The Kier molecular flexibility index (Phi) is 16.3. The van der Waals surface area contributed by atoms with Gasteiger partial charge in [0.05, 0.1) is 57.3 Å². The summed E-state index contributed by atoms with van der Waals surface area (Å²) in [5, 5.41) is 135. The van der Waals surface area contributed by atoms with Crippen LogP contribution < -0.4 is 0 Å². The second-order valence-corrected chi connectivity index (χ2v) is 25.2. The van der Waals surface area contributed by atoms with Gasteiger partial charge >= 0.3 is 5.97 Å². The minimum Gasteiger partial charge on any atom is -0.467 e. The molecular weight excluding hydrogens is 973 g/mol. The number of carbonyl (C=O) groups excluding carboxylic acids is 2. The first kappa shape index (κ1) is 58.3. The lowest BCUT2D eigenvalue weighted by Crippen LogP contribution is -2.75. The van der Waals surface area contributed by atoms with Crippen LogP contribution in [0.25, 0.3) is 0 Å². The molecule has 424 valence electrons. The van der Waals surface area contributed by atoms with Crippen LogP contribution in [0.4, 0.5) is 0 Å². The number of allylic oxidation sites excluding steroid dienone is 1. The monoisotopic (exact) mass is 1060 g/mol. The van der Waals surface area contributed by atoms with Crippen molar-refractivity contribution in [3.8, 4) is 0 Å². The minimum absolute atomic E-state index is 0.0697. The summed E-state index contributed by atoms with van der Waals surface area (Å²) in [5.74, 6) is -3.53. The van der Waals surface area contributed by atoms with E-state index >= 15 is 0 Å². The lowest BCUT2D eigenvalue weighted by atomic mass is 9.32. The van der Waals surface area contributed by atoms with Gasteiger partial charge in [-0.05, 0) is 84.4 Å². The Morgan fingerprint density at radius 1 is 0.689 bits per heavy atom. The van der Waals surface area contributed by atoms with Crippen molar-refractivity contribution in [2.75, 3.05) is 26.9 Å². The Bertz CT molecular complexity index is 2070. The number of aliphatic hydroxyl groups is 12. The number of rotatable bonds is 13. The molecule has 0 aromatic heterocycles. The second kappa shape index (κ2) is 20.7. The molecule has 21 nitrogen and oxygen atoms in total. The van der Waals surface area contributed by atoms with E-state index in [0.29, 0.717) is 44.9 Å². The fraction of sp³-hybridized carbons (Fsp3) is 0.925. The van der Waals surface area contributed by atoms with E-state index in [1.54, 1.807) is 6.92 Å². The number of methoxy groups -OCH3 is 1. The molecule has 8 aliphatic rings. The molecule has 0 aromatic carbocycles. The predicted molar refractivity (Wildman–Crippen MR) is 256 cm³/mol. The summed E-state index contributed by atoms with van der Waals surface area (Å²) in [7, 11) is 1.07. The molecule has 3 aliphatic heterocycles. The Balaban J connectivity index is 1.12. The van der Waals surface area contributed by atoms with Crippen LogP contribution in [0.1, 0.15) is 107 Å². The average molecular weight is 1060 g/mol. The molecule has 21 heteroatoms. The van der Waals surface area contributed by atoms with Crippen molar-refractivity contribution in [2.24, 2.45) is 62.1 Å². The maximum absolute atomic E-state index is 14.4. The maximum atomic E-state index is 14.4. The van der Waals surface area contributed by atoms with Crippen molar-refractivity contribution in [3.63, 3.8) is 0 Å². The average Bonchev–Trinajstić information content (AvgIpc) is 3.63. The highest BCUT2D eigenvalue weighted by molar-refractivity contribution is 5.85. The number of fused-ring (bicyclic) bond motifs is 7. The summed E-state index contributed by atoms with van der Waals surface area (Å²) in [6, 6.07) is 0. The Morgan fingerprint density at radius 2 is 1.27 bits per heavy atom. The van der Waals surface area contributed by atoms with E-state index in [4.69, 9.17) is 33.2 Å². The molecule has 0 spiro atoms. The molecule has 4 saturated carbocycles. The molecular formula is C53H86O21. The summed E-state index contributed by atoms with van der Waals surface area (Å²) < 4.78 is 41.7. The van der Waals surface area contributed by atoms with Gasteiger partial charge in [-0.2, -0.15) is 0 Å². The highest BCUT2D eigenvalue weighted by Gasteiger charge is 2.76. The highest BCUT2D eigenvalue weighted by Crippen LogP contribution is 2.76. The van der Waals surface area contributed by atoms with Gasteiger partial charge in [0.25, 0.3) is 0 Å². The maximum Gasteiger partial charge on any atom is 0.337 e. The van der Waals surface area contributed by atoms with Crippen molar-refractivity contribution >= 4 is 11.8 Å². The number of ether oxygens (including phenoxy) is 7. The molecule has 3 saturated heterocycles. The number of carbonyl (C=O) groups is 2. The molecule has 1 unspecified atom stereocenters. The third-order valence-corrected chi connectivity index (χ3v) is 21.1. The summed E-state index contributed by atoms with van der Waals surface area (Å²) in [4.78, 5) is 28.0. The molecule has 0 bridgehead atoms. The lowest BCUT2D eigenvalue weighted by Gasteiger charge is -2.73. The quantitative estimate of drug-likeness (QED) is 0.0610. The fourth-order valence-corrected chi connectivity index (χ4v) is 16.3. The van der Waals surface area contributed by atoms with Crippen molar-refractivity contribution in [1.82, 2.24) is 0 Å². The van der Waals surface area contributed by atoms with Crippen LogP contribution in [-0.4, -0.2) is 210 Å². The third kappa shape index (κ3) is 8.55. The van der Waals surface area contributed by atoms with Gasteiger partial charge in [-0.25, -0.2) is 4.79 Å². The zero-order valence-electron chi connectivity index (χ0n) is 44.5. The van der Waals surface area contributed by atoms with E-state index in [1.807, 2.05) is 27.7 Å². The summed E-state index contributed by atoms with van der Waals surface area (Å²) in [6.07, 6.45) is -23.1. The Hall–Kier alpha value is -1.84. The van der Waals surface area contributed by atoms with Gasteiger partial charge in [0.1, 0.15) is 66.8 Å². The van der Waals surface area contributed by atoms with E-state index in [-0.39, 0.29) is 17.6 Å². The molecule has 27 atom stereocenters. The minimum atomic E-state index is -1.97. The van der Waals surface area contributed by atoms with Gasteiger partial charge in [-0.15, -0.1) is 0 Å². The first-order valence-corrected chi connectivity index (χ1v) is 26.7. The predicted octanol–water partition coefficient (Wildman–Crippen LogP) is -0.813. The van der Waals surface area contributed by atoms with Gasteiger partial charge in [-0.1, -0.05) is 74.0 Å². The largest absolute Gasteiger partial charge is 0.467 e. The molecule has 0 aromatic rings. The Morgan fingerprint density at radius 3 is 1.84 bits per heavy atom. The highest BCUT2D eigenvalue weighted by atomic mass is 16.8. The van der Waals surface area contributed by atoms with Gasteiger partial charge in [-0.3, -0.25) is 4.79 Å². The topological polar surface area (TPSA) is 342 Å². The van der Waals surface area contributed by atoms with Crippen LogP contribution in [0.3, 0.4) is 0 Å². The van der Waals surface area contributed by atoms with Crippen molar-refractivity contribution in [3.05, 3.63) is 11.6 Å².